The quantitative estimate of drug-likeness (QED) is 0.824. The van der Waals surface area contributed by atoms with Gasteiger partial charge >= 0.3 is 11.8 Å². The Bertz CT molecular complexity index is 832. The van der Waals surface area contributed by atoms with Crippen LogP contribution in [0.1, 0.15) is 22.8 Å². The molecule has 2 aromatic rings. The van der Waals surface area contributed by atoms with Crippen molar-refractivity contribution >= 4 is 29.1 Å². The summed E-state index contributed by atoms with van der Waals surface area (Å²) in [5.74, 6) is -2.13. The summed E-state index contributed by atoms with van der Waals surface area (Å²) in [4.78, 5) is 37.9. The summed E-state index contributed by atoms with van der Waals surface area (Å²) < 4.78 is 0. The Morgan fingerprint density at radius 1 is 1.08 bits per heavy atom. The minimum atomic E-state index is -0.799. The summed E-state index contributed by atoms with van der Waals surface area (Å²) in [7, 11) is 0. The van der Waals surface area contributed by atoms with Gasteiger partial charge in [0.2, 0.25) is 0 Å². The molecule has 0 radical (unpaired) electrons. The van der Waals surface area contributed by atoms with Crippen LogP contribution in [-0.2, 0) is 16.0 Å². The summed E-state index contributed by atoms with van der Waals surface area (Å²) in [5, 5.41) is 2.49. The molecule has 1 atom stereocenters. The van der Waals surface area contributed by atoms with Crippen LogP contribution in [-0.4, -0.2) is 23.8 Å². The summed E-state index contributed by atoms with van der Waals surface area (Å²) in [6.07, 6.45) is 0.701. The van der Waals surface area contributed by atoms with E-state index in [-0.39, 0.29) is 17.3 Å². The van der Waals surface area contributed by atoms with E-state index in [0.29, 0.717) is 6.42 Å². The van der Waals surface area contributed by atoms with Gasteiger partial charge in [-0.2, -0.15) is 0 Å². The van der Waals surface area contributed by atoms with Crippen molar-refractivity contribution in [3.05, 3.63) is 59.7 Å². The van der Waals surface area contributed by atoms with Crippen molar-refractivity contribution < 1.29 is 14.4 Å². The number of nitrogens with zero attached hydrogens (tertiary/aromatic N) is 1. The zero-order chi connectivity index (χ0) is 17.3. The van der Waals surface area contributed by atoms with Crippen LogP contribution in [0.4, 0.5) is 11.4 Å². The van der Waals surface area contributed by atoms with Gasteiger partial charge in [-0.3, -0.25) is 14.4 Å². The second-order valence-electron chi connectivity index (χ2n) is 5.72. The van der Waals surface area contributed by atoms with E-state index in [4.69, 9.17) is 5.73 Å². The van der Waals surface area contributed by atoms with Crippen LogP contribution in [0.25, 0.3) is 0 Å². The van der Waals surface area contributed by atoms with Crippen LogP contribution >= 0.6 is 0 Å². The first-order valence-electron chi connectivity index (χ1n) is 7.60. The number of benzene rings is 2. The minimum absolute atomic E-state index is 0.105. The molecule has 3 rings (SSSR count). The van der Waals surface area contributed by atoms with Crippen molar-refractivity contribution in [2.24, 2.45) is 5.73 Å². The Hall–Kier alpha value is -3.15. The number of nitrogens with two attached hydrogens (primary N) is 1. The fourth-order valence-electron chi connectivity index (χ4n) is 2.97. The number of rotatable bonds is 2. The first kappa shape index (κ1) is 15.7. The fraction of sp³-hybridized carbons (Fsp3) is 0.167. The van der Waals surface area contributed by atoms with Gasteiger partial charge in [-0.05, 0) is 37.1 Å². The molecule has 3 N–H and O–H groups in total. The van der Waals surface area contributed by atoms with Crippen LogP contribution in [0, 0.1) is 0 Å². The number of nitrogens with one attached hydrogen (secondary N) is 1. The standard InChI is InChI=1S/C18H17N3O3/c1-11-10-12-6-2-5-9-15(12)21(11)18(24)17(23)20-14-8-4-3-7-13(14)16(19)22/h2-9,11H,10H2,1H3,(H2,19,22)(H,20,23). The van der Waals surface area contributed by atoms with Crippen molar-refractivity contribution in [1.29, 1.82) is 0 Å². The third-order valence-corrected chi connectivity index (χ3v) is 4.06. The number of hydrogen-bond donors (Lipinski definition) is 2. The molecular weight excluding hydrogens is 306 g/mol. The third kappa shape index (κ3) is 2.74. The third-order valence-electron chi connectivity index (χ3n) is 4.06. The maximum atomic E-state index is 12.6. The van der Waals surface area contributed by atoms with E-state index in [1.807, 2.05) is 31.2 Å². The predicted molar refractivity (Wildman–Crippen MR) is 90.7 cm³/mol. The molecule has 2 aromatic carbocycles. The maximum Gasteiger partial charge on any atom is 0.316 e. The number of amides is 3. The van der Waals surface area contributed by atoms with Gasteiger partial charge in [0.05, 0.1) is 11.3 Å². The van der Waals surface area contributed by atoms with Crippen molar-refractivity contribution in [1.82, 2.24) is 0 Å². The lowest BCUT2D eigenvalue weighted by atomic mass is 10.1. The van der Waals surface area contributed by atoms with E-state index in [0.717, 1.165) is 11.3 Å². The zero-order valence-electron chi connectivity index (χ0n) is 13.2. The Balaban J connectivity index is 1.84. The Labute approximate surface area is 139 Å². The Kier molecular flexibility index (Phi) is 4.04. The molecule has 3 amide bonds. The number of fused-ring (bicyclic) bond motifs is 1. The van der Waals surface area contributed by atoms with E-state index in [1.165, 1.54) is 17.0 Å². The molecule has 0 saturated heterocycles. The molecule has 0 aliphatic carbocycles. The maximum absolute atomic E-state index is 12.6. The van der Waals surface area contributed by atoms with Gasteiger partial charge in [-0.1, -0.05) is 30.3 Å². The second-order valence-corrected chi connectivity index (χ2v) is 5.72. The number of primary amides is 1. The van der Waals surface area contributed by atoms with Crippen molar-refractivity contribution in [3.8, 4) is 0 Å². The van der Waals surface area contributed by atoms with Crippen LogP contribution in [0.15, 0.2) is 48.5 Å². The molecule has 0 fully saturated rings. The summed E-state index contributed by atoms with van der Waals surface area (Å²) >= 11 is 0. The highest BCUT2D eigenvalue weighted by atomic mass is 16.2. The number of carbonyl (C=O) groups is 3. The molecule has 6 heteroatoms. The average molecular weight is 323 g/mol. The van der Waals surface area contributed by atoms with Gasteiger partial charge in [0.15, 0.2) is 0 Å². The molecule has 1 heterocycles. The van der Waals surface area contributed by atoms with Crippen molar-refractivity contribution in [3.63, 3.8) is 0 Å². The lowest BCUT2D eigenvalue weighted by Gasteiger charge is -2.22. The van der Waals surface area contributed by atoms with E-state index in [9.17, 15) is 14.4 Å². The number of carbonyl (C=O) groups excluding carboxylic acids is 3. The summed E-state index contributed by atoms with van der Waals surface area (Å²) in [5.41, 5.74) is 7.45. The van der Waals surface area contributed by atoms with Gasteiger partial charge in [-0.15, -0.1) is 0 Å². The van der Waals surface area contributed by atoms with E-state index < -0.39 is 17.7 Å². The molecule has 1 aliphatic rings. The molecule has 0 aromatic heterocycles. The molecule has 0 spiro atoms. The zero-order valence-corrected chi connectivity index (χ0v) is 13.2. The fourth-order valence-corrected chi connectivity index (χ4v) is 2.97. The van der Waals surface area contributed by atoms with Crippen LogP contribution in [0.2, 0.25) is 0 Å². The summed E-state index contributed by atoms with van der Waals surface area (Å²) in [6.45, 7) is 1.89. The van der Waals surface area contributed by atoms with Gasteiger partial charge in [0.1, 0.15) is 0 Å². The van der Waals surface area contributed by atoms with Crippen LogP contribution < -0.4 is 16.0 Å². The second kappa shape index (κ2) is 6.16. The number of para-hydroxylation sites is 2. The van der Waals surface area contributed by atoms with Crippen molar-refractivity contribution in [2.45, 2.75) is 19.4 Å². The molecule has 1 unspecified atom stereocenters. The molecule has 0 bridgehead atoms. The predicted octanol–water partition coefficient (Wildman–Crippen LogP) is 1.70. The van der Waals surface area contributed by atoms with E-state index >= 15 is 0 Å². The monoisotopic (exact) mass is 323 g/mol. The van der Waals surface area contributed by atoms with E-state index in [1.54, 1.807) is 12.1 Å². The van der Waals surface area contributed by atoms with Crippen LogP contribution in [0.5, 0.6) is 0 Å². The largest absolute Gasteiger partial charge is 0.366 e. The minimum Gasteiger partial charge on any atom is -0.366 e. The molecular formula is C18H17N3O3. The van der Waals surface area contributed by atoms with Gasteiger partial charge in [0.25, 0.3) is 5.91 Å². The number of hydrogen-bond acceptors (Lipinski definition) is 3. The highest BCUT2D eigenvalue weighted by molar-refractivity contribution is 6.45. The first-order chi connectivity index (χ1) is 11.5. The molecule has 122 valence electrons. The molecule has 1 aliphatic heterocycles. The van der Waals surface area contributed by atoms with E-state index in [2.05, 4.69) is 5.32 Å². The topological polar surface area (TPSA) is 92.5 Å². The SMILES string of the molecule is CC1Cc2ccccc2N1C(=O)C(=O)Nc1ccccc1C(N)=O. The van der Waals surface area contributed by atoms with Gasteiger partial charge in [-0.25, -0.2) is 0 Å². The molecule has 6 nitrogen and oxygen atoms in total. The number of anilines is 2. The normalized spacial score (nSPS) is 15.7. The van der Waals surface area contributed by atoms with Crippen LogP contribution in [0.3, 0.4) is 0 Å². The first-order valence-corrected chi connectivity index (χ1v) is 7.60. The molecule has 24 heavy (non-hydrogen) atoms. The smallest absolute Gasteiger partial charge is 0.316 e. The average Bonchev–Trinajstić information content (AvgIpc) is 2.90. The lowest BCUT2D eigenvalue weighted by Crippen LogP contribution is -2.43. The Morgan fingerprint density at radius 3 is 2.50 bits per heavy atom. The van der Waals surface area contributed by atoms with Crippen molar-refractivity contribution in [2.75, 3.05) is 10.2 Å². The van der Waals surface area contributed by atoms with Gasteiger partial charge in [0, 0.05) is 11.7 Å². The highest BCUT2D eigenvalue weighted by Crippen LogP contribution is 2.32. The summed E-state index contributed by atoms with van der Waals surface area (Å²) in [6, 6.07) is 13.7. The Morgan fingerprint density at radius 2 is 1.75 bits per heavy atom. The molecule has 0 saturated carbocycles. The highest BCUT2D eigenvalue weighted by Gasteiger charge is 2.34. The van der Waals surface area contributed by atoms with Gasteiger partial charge < -0.3 is 16.0 Å². The lowest BCUT2D eigenvalue weighted by molar-refractivity contribution is -0.134.